The third-order valence-corrected chi connectivity index (χ3v) is 2.75. The highest BCUT2D eigenvalue weighted by molar-refractivity contribution is 5.79. The van der Waals surface area contributed by atoms with Crippen molar-refractivity contribution < 1.29 is 15.0 Å². The molecule has 4 N–H and O–H groups in total. The first-order chi connectivity index (χ1) is 6.43. The number of carbonyl (C=O) groups excluding carboxylic acids is 1. The van der Waals surface area contributed by atoms with E-state index >= 15 is 0 Å². The second kappa shape index (κ2) is 4.25. The number of rotatable bonds is 2. The van der Waals surface area contributed by atoms with E-state index in [0.717, 1.165) is 0 Å². The minimum absolute atomic E-state index is 0.101. The topological polar surface area (TPSA) is 86.8 Å². The molecule has 5 heteroatoms. The monoisotopic (exact) mass is 202 g/mol. The maximum Gasteiger partial charge on any atom is 0.227 e. The summed E-state index contributed by atoms with van der Waals surface area (Å²) >= 11 is 0. The summed E-state index contributed by atoms with van der Waals surface area (Å²) in [6.45, 7) is 3.93. The Morgan fingerprint density at radius 3 is 2.14 bits per heavy atom. The summed E-state index contributed by atoms with van der Waals surface area (Å²) in [7, 11) is 0. The Kier molecular flexibility index (Phi) is 3.47. The molecule has 0 aromatic rings. The Hall–Kier alpha value is -0.650. The summed E-state index contributed by atoms with van der Waals surface area (Å²) in [6.07, 6.45) is -1.64. The summed E-state index contributed by atoms with van der Waals surface area (Å²) in [6, 6.07) is -0.211. The van der Waals surface area contributed by atoms with Crippen molar-refractivity contribution >= 4 is 5.91 Å². The van der Waals surface area contributed by atoms with Gasteiger partial charge in [0, 0.05) is 19.1 Å². The molecule has 0 radical (unpaired) electrons. The lowest BCUT2D eigenvalue weighted by molar-refractivity contribution is -0.134. The van der Waals surface area contributed by atoms with Crippen LogP contribution in [0.1, 0.15) is 13.8 Å². The molecule has 14 heavy (non-hydrogen) atoms. The van der Waals surface area contributed by atoms with Gasteiger partial charge in [0.15, 0.2) is 0 Å². The van der Waals surface area contributed by atoms with Crippen LogP contribution in [0.25, 0.3) is 0 Å². The molecular formula is C9H18N2O3. The zero-order valence-corrected chi connectivity index (χ0v) is 8.55. The fourth-order valence-electron chi connectivity index (χ4n) is 1.46. The van der Waals surface area contributed by atoms with Gasteiger partial charge in [-0.05, 0) is 6.92 Å². The normalized spacial score (nSPS) is 31.6. The van der Waals surface area contributed by atoms with Crippen LogP contribution in [0.2, 0.25) is 0 Å². The lowest BCUT2D eigenvalue weighted by Crippen LogP contribution is -2.41. The molecule has 4 unspecified atom stereocenters. The molecule has 0 saturated carbocycles. The van der Waals surface area contributed by atoms with E-state index in [0.29, 0.717) is 0 Å². The minimum Gasteiger partial charge on any atom is -0.388 e. The fourth-order valence-corrected chi connectivity index (χ4v) is 1.46. The second-order valence-electron chi connectivity index (χ2n) is 4.03. The number of carbonyl (C=O) groups is 1. The van der Waals surface area contributed by atoms with Gasteiger partial charge in [0.2, 0.25) is 5.91 Å². The van der Waals surface area contributed by atoms with Crippen LogP contribution >= 0.6 is 0 Å². The van der Waals surface area contributed by atoms with E-state index in [9.17, 15) is 15.0 Å². The van der Waals surface area contributed by atoms with Crippen LogP contribution in [0.15, 0.2) is 0 Å². The third-order valence-electron chi connectivity index (χ3n) is 2.75. The number of hydrogen-bond donors (Lipinski definition) is 3. The minimum atomic E-state index is -0.820. The number of β-amino-alcohol motifs (C(OH)–C–C–N with tert-alkyl or cyclic N) is 2. The van der Waals surface area contributed by atoms with Gasteiger partial charge in [-0.1, -0.05) is 6.92 Å². The van der Waals surface area contributed by atoms with Gasteiger partial charge in [0.1, 0.15) is 0 Å². The first-order valence-electron chi connectivity index (χ1n) is 4.84. The first kappa shape index (κ1) is 11.4. The van der Waals surface area contributed by atoms with E-state index in [1.165, 1.54) is 4.90 Å². The molecule has 1 fully saturated rings. The Bertz CT molecular complexity index is 210. The van der Waals surface area contributed by atoms with Crippen LogP contribution in [-0.4, -0.2) is 52.4 Å². The SMILES string of the molecule is CC(N)C(C)C(=O)N1CC(O)C(O)C1. The third kappa shape index (κ3) is 2.23. The molecule has 82 valence electrons. The summed E-state index contributed by atoms with van der Waals surface area (Å²) in [4.78, 5) is 13.2. The van der Waals surface area contributed by atoms with Crippen LogP contribution in [-0.2, 0) is 4.79 Å². The lowest BCUT2D eigenvalue weighted by atomic mass is 10.0. The lowest BCUT2D eigenvalue weighted by Gasteiger charge is -2.22. The first-order valence-corrected chi connectivity index (χ1v) is 4.84. The highest BCUT2D eigenvalue weighted by Crippen LogP contribution is 2.14. The van der Waals surface area contributed by atoms with Crippen molar-refractivity contribution in [3.05, 3.63) is 0 Å². The van der Waals surface area contributed by atoms with Gasteiger partial charge < -0.3 is 20.8 Å². The van der Waals surface area contributed by atoms with Crippen molar-refractivity contribution in [2.75, 3.05) is 13.1 Å². The van der Waals surface area contributed by atoms with Crippen molar-refractivity contribution in [2.45, 2.75) is 32.1 Å². The zero-order chi connectivity index (χ0) is 10.9. The fraction of sp³-hybridized carbons (Fsp3) is 0.889. The van der Waals surface area contributed by atoms with E-state index in [1.54, 1.807) is 13.8 Å². The molecule has 1 amide bonds. The summed E-state index contributed by atoms with van der Waals surface area (Å²) in [5.41, 5.74) is 5.60. The quantitative estimate of drug-likeness (QED) is 0.510. The number of aliphatic hydroxyl groups is 2. The van der Waals surface area contributed by atoms with E-state index in [4.69, 9.17) is 5.73 Å². The number of aliphatic hydroxyl groups excluding tert-OH is 2. The zero-order valence-electron chi connectivity index (χ0n) is 8.55. The predicted molar refractivity (Wildman–Crippen MR) is 51.4 cm³/mol. The highest BCUT2D eigenvalue weighted by atomic mass is 16.3. The molecule has 1 aliphatic rings. The van der Waals surface area contributed by atoms with Crippen molar-refractivity contribution in [3.8, 4) is 0 Å². The summed E-state index contributed by atoms with van der Waals surface area (Å²) < 4.78 is 0. The second-order valence-corrected chi connectivity index (χ2v) is 4.03. The van der Waals surface area contributed by atoms with Gasteiger partial charge in [0.05, 0.1) is 18.1 Å². The van der Waals surface area contributed by atoms with Gasteiger partial charge in [-0.3, -0.25) is 4.79 Å². The molecule has 1 heterocycles. The standard InChI is InChI=1S/C9H18N2O3/c1-5(6(2)10)9(14)11-3-7(12)8(13)4-11/h5-8,12-13H,3-4,10H2,1-2H3. The van der Waals surface area contributed by atoms with Crippen molar-refractivity contribution in [1.29, 1.82) is 0 Å². The maximum atomic E-state index is 11.7. The number of nitrogens with two attached hydrogens (primary N) is 1. The maximum absolute atomic E-state index is 11.7. The average molecular weight is 202 g/mol. The molecule has 4 atom stereocenters. The Labute approximate surface area is 83.5 Å². The van der Waals surface area contributed by atoms with E-state index in [-0.39, 0.29) is 31.0 Å². The van der Waals surface area contributed by atoms with Gasteiger partial charge >= 0.3 is 0 Å². The Balaban J connectivity index is 2.55. The molecule has 5 nitrogen and oxygen atoms in total. The molecule has 0 aromatic heterocycles. The molecule has 1 aliphatic heterocycles. The van der Waals surface area contributed by atoms with Crippen LogP contribution in [0.3, 0.4) is 0 Å². The van der Waals surface area contributed by atoms with Gasteiger partial charge in [0.25, 0.3) is 0 Å². The van der Waals surface area contributed by atoms with Gasteiger partial charge in [-0.2, -0.15) is 0 Å². The summed E-state index contributed by atoms with van der Waals surface area (Å²) in [5, 5.41) is 18.5. The smallest absolute Gasteiger partial charge is 0.227 e. The van der Waals surface area contributed by atoms with Crippen molar-refractivity contribution in [1.82, 2.24) is 4.90 Å². The Morgan fingerprint density at radius 2 is 1.79 bits per heavy atom. The molecule has 0 spiro atoms. The number of amides is 1. The molecule has 1 saturated heterocycles. The largest absolute Gasteiger partial charge is 0.388 e. The number of hydrogen-bond acceptors (Lipinski definition) is 4. The molecule has 0 bridgehead atoms. The molecular weight excluding hydrogens is 184 g/mol. The van der Waals surface area contributed by atoms with Crippen LogP contribution in [0, 0.1) is 5.92 Å². The van der Waals surface area contributed by atoms with E-state index in [2.05, 4.69) is 0 Å². The van der Waals surface area contributed by atoms with Gasteiger partial charge in [-0.15, -0.1) is 0 Å². The van der Waals surface area contributed by atoms with E-state index in [1.807, 2.05) is 0 Å². The highest BCUT2D eigenvalue weighted by Gasteiger charge is 2.34. The molecule has 1 rings (SSSR count). The number of nitrogens with zero attached hydrogens (tertiary/aromatic N) is 1. The van der Waals surface area contributed by atoms with Crippen LogP contribution in [0.5, 0.6) is 0 Å². The van der Waals surface area contributed by atoms with Crippen molar-refractivity contribution in [2.24, 2.45) is 11.7 Å². The van der Waals surface area contributed by atoms with Gasteiger partial charge in [-0.25, -0.2) is 0 Å². The molecule has 0 aliphatic carbocycles. The van der Waals surface area contributed by atoms with Crippen LogP contribution in [0.4, 0.5) is 0 Å². The summed E-state index contributed by atoms with van der Waals surface area (Å²) in [5.74, 6) is -0.372. The number of likely N-dealkylation sites (tertiary alicyclic amines) is 1. The van der Waals surface area contributed by atoms with Crippen molar-refractivity contribution in [3.63, 3.8) is 0 Å². The van der Waals surface area contributed by atoms with Crippen LogP contribution < -0.4 is 5.73 Å². The molecule has 0 aromatic carbocycles. The average Bonchev–Trinajstić information content (AvgIpc) is 2.44. The Morgan fingerprint density at radius 1 is 1.36 bits per heavy atom. The predicted octanol–water partition coefficient (Wildman–Crippen LogP) is -1.47. The van der Waals surface area contributed by atoms with E-state index < -0.39 is 12.2 Å².